The Morgan fingerprint density at radius 2 is 2.10 bits per heavy atom. The molecule has 4 rings (SSSR count). The van der Waals surface area contributed by atoms with E-state index < -0.39 is 5.91 Å². The molecule has 2 aliphatic rings. The van der Waals surface area contributed by atoms with E-state index in [9.17, 15) is 9.18 Å². The molecule has 0 aromatic heterocycles. The Bertz CT molecular complexity index is 1190. The molecule has 0 fully saturated rings. The average molecular weight is 486 g/mol. The van der Waals surface area contributed by atoms with Crippen LogP contribution < -0.4 is 9.47 Å². The van der Waals surface area contributed by atoms with Gasteiger partial charge in [-0.05, 0) is 52.7 Å². The maximum atomic E-state index is 13.9. The molecule has 2 aromatic rings. The number of nitrogens with one attached hydrogen (secondary N) is 1. The fourth-order valence-corrected chi connectivity index (χ4v) is 3.67. The van der Waals surface area contributed by atoms with Crippen molar-refractivity contribution in [1.82, 2.24) is 5.06 Å². The normalized spacial score (nSPS) is 16.6. The third-order valence-corrected chi connectivity index (χ3v) is 5.16. The molecule has 158 valence electrons. The Morgan fingerprint density at radius 1 is 1.32 bits per heavy atom. The van der Waals surface area contributed by atoms with Gasteiger partial charge in [0.25, 0.3) is 5.91 Å². The van der Waals surface area contributed by atoms with Crippen molar-refractivity contribution in [3.8, 4) is 11.5 Å². The van der Waals surface area contributed by atoms with E-state index in [1.807, 2.05) is 0 Å². The summed E-state index contributed by atoms with van der Waals surface area (Å²) in [5.41, 5.74) is 1.06. The first-order valence-corrected chi connectivity index (χ1v) is 10.0. The van der Waals surface area contributed by atoms with Crippen molar-refractivity contribution in [1.29, 1.82) is 5.41 Å². The van der Waals surface area contributed by atoms with Gasteiger partial charge in [0.2, 0.25) is 0 Å². The number of ether oxygens (including phenoxy) is 2. The number of methoxy groups -OCH3 is 1. The lowest BCUT2D eigenvalue weighted by atomic mass is 10.1. The summed E-state index contributed by atoms with van der Waals surface area (Å²) in [5.74, 6) is 0.576. The van der Waals surface area contributed by atoms with Crippen LogP contribution in [-0.2, 0) is 16.2 Å². The SMILES string of the molecule is COc1cc(/C=C2\C(=N)N3OC(C)=CC3=NC2=O)cc(Br)c1OCc1ccccc1F. The van der Waals surface area contributed by atoms with Gasteiger partial charge in [0, 0.05) is 11.6 Å². The standard InChI is InChI=1S/C22H17BrFN3O4/c1-12-7-19-26-22(28)15(21(25)27(19)31-12)8-13-9-16(23)20(18(10-13)29-2)30-11-14-5-3-4-6-17(14)24/h3-10,25H,11H2,1-2H3/b15-8+,25-21?. The van der Waals surface area contributed by atoms with Gasteiger partial charge in [-0.3, -0.25) is 10.2 Å². The fraction of sp³-hybridized carbons (Fsp3) is 0.136. The number of carbonyl (C=O) groups excluding carboxylic acids is 1. The number of amidine groups is 2. The summed E-state index contributed by atoms with van der Waals surface area (Å²) in [4.78, 5) is 21.8. The molecule has 0 bridgehead atoms. The predicted molar refractivity (Wildman–Crippen MR) is 116 cm³/mol. The lowest BCUT2D eigenvalue weighted by Gasteiger charge is -2.23. The Morgan fingerprint density at radius 3 is 2.84 bits per heavy atom. The highest BCUT2D eigenvalue weighted by Gasteiger charge is 2.34. The number of fused-ring (bicyclic) bond motifs is 1. The Balaban J connectivity index is 1.62. The molecule has 1 N–H and O–H groups in total. The summed E-state index contributed by atoms with van der Waals surface area (Å²) in [6.07, 6.45) is 3.11. The van der Waals surface area contributed by atoms with E-state index in [-0.39, 0.29) is 29.7 Å². The van der Waals surface area contributed by atoms with Gasteiger partial charge >= 0.3 is 0 Å². The molecule has 0 spiro atoms. The van der Waals surface area contributed by atoms with E-state index in [1.54, 1.807) is 43.3 Å². The van der Waals surface area contributed by atoms with Crippen molar-refractivity contribution in [3.05, 3.63) is 75.2 Å². The van der Waals surface area contributed by atoms with Crippen molar-refractivity contribution in [2.45, 2.75) is 13.5 Å². The summed E-state index contributed by atoms with van der Waals surface area (Å²) >= 11 is 3.44. The predicted octanol–water partition coefficient (Wildman–Crippen LogP) is 4.63. The molecule has 7 nitrogen and oxygen atoms in total. The zero-order chi connectivity index (χ0) is 22.1. The molecule has 2 heterocycles. The highest BCUT2D eigenvalue weighted by Crippen LogP contribution is 2.38. The Labute approximate surface area is 186 Å². The molecule has 0 saturated heterocycles. The van der Waals surface area contributed by atoms with Gasteiger partial charge < -0.3 is 14.3 Å². The second-order valence-corrected chi connectivity index (χ2v) is 7.59. The molecule has 0 aliphatic carbocycles. The van der Waals surface area contributed by atoms with E-state index in [1.165, 1.54) is 24.3 Å². The van der Waals surface area contributed by atoms with Crippen LogP contribution in [-0.4, -0.2) is 29.8 Å². The van der Waals surface area contributed by atoms with Crippen LogP contribution in [0.25, 0.3) is 6.08 Å². The molecule has 1 amide bonds. The van der Waals surface area contributed by atoms with Crippen LogP contribution in [0.15, 0.2) is 63.3 Å². The number of halogens is 2. The first-order valence-electron chi connectivity index (χ1n) is 9.21. The van der Waals surface area contributed by atoms with Crippen LogP contribution in [0.2, 0.25) is 0 Å². The highest BCUT2D eigenvalue weighted by molar-refractivity contribution is 9.10. The molecule has 0 atom stereocenters. The van der Waals surface area contributed by atoms with Gasteiger partial charge in [-0.1, -0.05) is 18.2 Å². The second-order valence-electron chi connectivity index (χ2n) is 6.74. The van der Waals surface area contributed by atoms with Gasteiger partial charge in [0.05, 0.1) is 17.2 Å². The third kappa shape index (κ3) is 4.09. The molecule has 0 unspecified atom stereocenters. The van der Waals surface area contributed by atoms with Crippen LogP contribution in [0.3, 0.4) is 0 Å². The summed E-state index contributed by atoms with van der Waals surface area (Å²) in [7, 11) is 1.48. The average Bonchev–Trinajstić information content (AvgIpc) is 3.11. The summed E-state index contributed by atoms with van der Waals surface area (Å²) < 4.78 is 25.6. The number of hydrogen-bond acceptors (Lipinski definition) is 5. The molecule has 0 saturated carbocycles. The molecule has 2 aromatic carbocycles. The maximum Gasteiger partial charge on any atom is 0.282 e. The molecular weight excluding hydrogens is 469 g/mol. The number of aliphatic imine (C=N–C) groups is 1. The number of amides is 1. The summed E-state index contributed by atoms with van der Waals surface area (Å²) in [6.45, 7) is 1.73. The number of benzene rings is 2. The first kappa shape index (κ1) is 20.8. The van der Waals surface area contributed by atoms with E-state index in [2.05, 4.69) is 20.9 Å². The zero-order valence-corrected chi connectivity index (χ0v) is 18.2. The van der Waals surface area contributed by atoms with Crippen LogP contribution >= 0.6 is 15.9 Å². The molecule has 0 radical (unpaired) electrons. The number of nitrogens with zero attached hydrogens (tertiary/aromatic N) is 2. The molecule has 2 aliphatic heterocycles. The largest absolute Gasteiger partial charge is 0.493 e. The number of carbonyl (C=O) groups is 1. The molecule has 31 heavy (non-hydrogen) atoms. The van der Waals surface area contributed by atoms with Crippen LogP contribution in [0.5, 0.6) is 11.5 Å². The molecular formula is C22H17BrFN3O4. The van der Waals surface area contributed by atoms with E-state index in [0.717, 1.165) is 0 Å². The van der Waals surface area contributed by atoms with Gasteiger partial charge in [-0.15, -0.1) is 5.06 Å². The van der Waals surface area contributed by atoms with Crippen LogP contribution in [0.1, 0.15) is 18.1 Å². The first-order chi connectivity index (χ1) is 14.9. The number of hydrogen-bond donors (Lipinski definition) is 1. The Hall–Kier alpha value is -3.46. The van der Waals surface area contributed by atoms with E-state index in [4.69, 9.17) is 19.7 Å². The molecule has 9 heteroatoms. The smallest absolute Gasteiger partial charge is 0.282 e. The minimum atomic E-state index is -0.541. The van der Waals surface area contributed by atoms with Gasteiger partial charge in [-0.2, -0.15) is 4.99 Å². The van der Waals surface area contributed by atoms with Gasteiger partial charge in [0.15, 0.2) is 23.2 Å². The monoisotopic (exact) mass is 485 g/mol. The van der Waals surface area contributed by atoms with Gasteiger partial charge in [0.1, 0.15) is 18.2 Å². The lowest BCUT2D eigenvalue weighted by molar-refractivity contribution is -0.114. The van der Waals surface area contributed by atoms with Crippen molar-refractivity contribution in [2.24, 2.45) is 4.99 Å². The zero-order valence-electron chi connectivity index (χ0n) is 16.6. The van der Waals surface area contributed by atoms with Crippen molar-refractivity contribution in [2.75, 3.05) is 7.11 Å². The second kappa shape index (κ2) is 8.35. The summed E-state index contributed by atoms with van der Waals surface area (Å²) in [6, 6.07) is 9.71. The van der Waals surface area contributed by atoms with Crippen molar-refractivity contribution < 1.29 is 23.5 Å². The number of allylic oxidation sites excluding steroid dienone is 1. The highest BCUT2D eigenvalue weighted by atomic mass is 79.9. The summed E-state index contributed by atoms with van der Waals surface area (Å²) in [5, 5.41) is 9.51. The van der Waals surface area contributed by atoms with Crippen molar-refractivity contribution in [3.63, 3.8) is 0 Å². The Kier molecular flexibility index (Phi) is 5.60. The van der Waals surface area contributed by atoms with Crippen LogP contribution in [0, 0.1) is 11.2 Å². The lowest BCUT2D eigenvalue weighted by Crippen LogP contribution is -2.38. The van der Waals surface area contributed by atoms with Gasteiger partial charge in [-0.25, -0.2) is 4.39 Å². The maximum absolute atomic E-state index is 13.9. The topological polar surface area (TPSA) is 84.2 Å². The minimum absolute atomic E-state index is 0.0152. The number of hydroxylamine groups is 2. The number of rotatable bonds is 5. The third-order valence-electron chi connectivity index (χ3n) is 4.57. The van der Waals surface area contributed by atoms with E-state index >= 15 is 0 Å². The fourth-order valence-electron chi connectivity index (χ4n) is 3.10. The van der Waals surface area contributed by atoms with E-state index in [0.29, 0.717) is 32.9 Å². The van der Waals surface area contributed by atoms with Crippen LogP contribution in [0.4, 0.5) is 4.39 Å². The quantitative estimate of drug-likeness (QED) is 0.624. The minimum Gasteiger partial charge on any atom is -0.493 e. The van der Waals surface area contributed by atoms with Crippen molar-refractivity contribution >= 4 is 39.6 Å².